The summed E-state index contributed by atoms with van der Waals surface area (Å²) in [7, 11) is -19.0. The summed E-state index contributed by atoms with van der Waals surface area (Å²) >= 11 is 0. The third kappa shape index (κ3) is 15.9. The van der Waals surface area contributed by atoms with Crippen molar-refractivity contribution in [1.82, 2.24) is 0 Å². The van der Waals surface area contributed by atoms with Crippen LogP contribution in [0.25, 0.3) is 0 Å². The minimum atomic E-state index is -6.09. The number of halogens is 6. The summed E-state index contributed by atoms with van der Waals surface area (Å²) in [6.07, 6.45) is 2.46. The summed E-state index contributed by atoms with van der Waals surface area (Å²) in [5, 5.41) is 0. The van der Waals surface area contributed by atoms with E-state index >= 15 is 0 Å². The molecule has 10 nitrogen and oxygen atoms in total. The van der Waals surface area contributed by atoms with Gasteiger partial charge in [-0.25, -0.2) is 33.7 Å². The number of benzene rings is 6. The largest absolute Gasteiger partial charge is 0.741 e. The fraction of sp³-hybridized carbons (Fsp3) is 0.100. The van der Waals surface area contributed by atoms with Gasteiger partial charge in [-0.2, -0.15) is 26.3 Å². The molecule has 0 aliphatic carbocycles. The van der Waals surface area contributed by atoms with Crippen molar-refractivity contribution < 1.29 is 69.1 Å². The molecule has 0 saturated carbocycles. The van der Waals surface area contributed by atoms with Crippen LogP contribution in [0.4, 0.5) is 26.3 Å². The molecular weight excluding hydrogens is 947 g/mol. The molecule has 0 aromatic heterocycles. The first-order valence-electron chi connectivity index (χ1n) is 16.9. The molecule has 0 N–H and O–H groups in total. The van der Waals surface area contributed by atoms with Crippen LogP contribution in [-0.2, 0) is 61.7 Å². The Bertz CT molecular complexity index is 2510. The zero-order valence-corrected chi connectivity index (χ0v) is 36.9. The molecule has 6 rings (SSSR count). The van der Waals surface area contributed by atoms with Gasteiger partial charge in [0.2, 0.25) is 0 Å². The lowest BCUT2D eigenvalue weighted by Gasteiger charge is -2.08. The van der Waals surface area contributed by atoms with Gasteiger partial charge >= 0.3 is 11.0 Å². The standard InChI is InChI=1S/2C19H17O2S2.2CHF3O3S/c2*1-23(20,21)19-14-12-18(13-15-19)22(16-8-4-2-5-9-16)17-10-6-3-7-11-17;2*2-1(3,4)8(5,6)7/h2*2-15H,1H3;2*(H,5,6,7)/q2*+1;;/p-2. The first-order valence-corrected chi connectivity index (χ1v) is 26.0. The second kappa shape index (κ2) is 21.6. The van der Waals surface area contributed by atoms with Gasteiger partial charge in [-0.1, -0.05) is 72.8 Å². The van der Waals surface area contributed by atoms with Gasteiger partial charge in [0.15, 0.2) is 69.3 Å². The number of rotatable bonds is 8. The Kier molecular flexibility index (Phi) is 18.0. The van der Waals surface area contributed by atoms with Crippen LogP contribution in [0.1, 0.15) is 0 Å². The summed E-state index contributed by atoms with van der Waals surface area (Å²) in [6, 6.07) is 55.6. The molecule has 0 bridgehead atoms. The Morgan fingerprint density at radius 2 is 0.500 bits per heavy atom. The summed E-state index contributed by atoms with van der Waals surface area (Å²) in [4.78, 5) is 7.77. The van der Waals surface area contributed by atoms with Crippen LogP contribution in [0.2, 0.25) is 0 Å². The Morgan fingerprint density at radius 1 is 0.339 bits per heavy atom. The molecule has 0 atom stereocenters. The molecule has 6 aromatic rings. The van der Waals surface area contributed by atoms with E-state index in [0.717, 1.165) is 9.79 Å². The molecule has 0 saturated heterocycles. The van der Waals surface area contributed by atoms with Gasteiger partial charge in [0.05, 0.1) is 31.6 Å². The van der Waals surface area contributed by atoms with Crippen LogP contribution >= 0.6 is 0 Å². The Labute approximate surface area is 361 Å². The minimum absolute atomic E-state index is 0.245. The maximum absolute atomic E-state index is 11.7. The van der Waals surface area contributed by atoms with Crippen LogP contribution in [0.3, 0.4) is 0 Å². The summed E-state index contributed by atoms with van der Waals surface area (Å²) in [5.74, 6) is 0. The fourth-order valence-electron chi connectivity index (χ4n) is 4.69. The predicted molar refractivity (Wildman–Crippen MR) is 221 cm³/mol. The minimum Gasteiger partial charge on any atom is -0.741 e. The highest BCUT2D eigenvalue weighted by molar-refractivity contribution is 7.97. The second-order valence-electron chi connectivity index (χ2n) is 12.2. The predicted octanol–water partition coefficient (Wildman–Crippen LogP) is 8.47. The second-order valence-corrected chi connectivity index (χ2v) is 23.0. The molecule has 0 spiro atoms. The zero-order chi connectivity index (χ0) is 46.6. The average molecular weight is 981 g/mol. The molecule has 0 heterocycles. The highest BCUT2D eigenvalue weighted by Crippen LogP contribution is 2.33. The number of hydrogen-bond acceptors (Lipinski definition) is 10. The van der Waals surface area contributed by atoms with E-state index in [0.29, 0.717) is 9.79 Å². The SMILES string of the molecule is CS(=O)(=O)c1ccc([S+](c2ccccc2)c2ccccc2)cc1.CS(=O)(=O)c1ccc([S+](c2ccccc2)c2ccccc2)cc1.O=S(=O)([O-])C(F)(F)F.O=S(=O)([O-])C(F)(F)F. The Balaban J connectivity index is 0.000000247. The van der Waals surface area contributed by atoms with Crippen LogP contribution in [0, 0.1) is 0 Å². The van der Waals surface area contributed by atoms with Gasteiger partial charge in [0.25, 0.3) is 0 Å². The summed E-state index contributed by atoms with van der Waals surface area (Å²) in [6.45, 7) is 0. The zero-order valence-electron chi connectivity index (χ0n) is 32.0. The van der Waals surface area contributed by atoms with E-state index < -0.39 is 50.9 Å². The van der Waals surface area contributed by atoms with Crippen molar-refractivity contribution in [3.8, 4) is 0 Å². The Hall–Kier alpha value is -4.68. The highest BCUT2D eigenvalue weighted by Gasteiger charge is 2.37. The quantitative estimate of drug-likeness (QED) is 0.0621. The van der Waals surface area contributed by atoms with Gasteiger partial charge in [-0.05, 0) is 97.1 Å². The smallest absolute Gasteiger partial charge is 0.485 e. The van der Waals surface area contributed by atoms with Gasteiger partial charge < -0.3 is 9.11 Å². The lowest BCUT2D eigenvalue weighted by molar-refractivity contribution is -0.0522. The topological polar surface area (TPSA) is 183 Å². The van der Waals surface area contributed by atoms with Crippen LogP contribution < -0.4 is 0 Å². The Morgan fingerprint density at radius 3 is 0.645 bits per heavy atom. The van der Waals surface area contributed by atoms with Gasteiger partial charge in [-0.15, -0.1) is 0 Å². The monoisotopic (exact) mass is 980 g/mol. The first kappa shape index (κ1) is 51.7. The summed E-state index contributed by atoms with van der Waals surface area (Å²) < 4.78 is 164. The highest BCUT2D eigenvalue weighted by atomic mass is 32.2. The van der Waals surface area contributed by atoms with E-state index in [1.165, 1.54) is 32.1 Å². The molecule has 0 unspecified atom stereocenters. The van der Waals surface area contributed by atoms with Crippen LogP contribution in [-0.4, -0.2) is 66.3 Å². The van der Waals surface area contributed by atoms with Gasteiger partial charge in [0.1, 0.15) is 0 Å². The maximum atomic E-state index is 11.7. The van der Waals surface area contributed by atoms with Crippen molar-refractivity contribution in [2.75, 3.05) is 12.5 Å². The van der Waals surface area contributed by atoms with Crippen LogP contribution in [0.15, 0.2) is 209 Å². The molecular formula is C40H34F6O10S6. The van der Waals surface area contributed by atoms with Crippen molar-refractivity contribution in [2.45, 2.75) is 50.2 Å². The van der Waals surface area contributed by atoms with Crippen molar-refractivity contribution in [1.29, 1.82) is 0 Å². The van der Waals surface area contributed by atoms with Crippen molar-refractivity contribution >= 4 is 61.7 Å². The van der Waals surface area contributed by atoms with Crippen molar-refractivity contribution in [3.05, 3.63) is 170 Å². The lowest BCUT2D eigenvalue weighted by Crippen LogP contribution is -2.21. The number of sulfone groups is 2. The third-order valence-corrected chi connectivity index (χ3v) is 15.3. The normalized spacial score (nSPS) is 12.2. The van der Waals surface area contributed by atoms with Crippen molar-refractivity contribution in [3.63, 3.8) is 0 Å². The molecule has 6 aromatic carbocycles. The van der Waals surface area contributed by atoms with E-state index in [9.17, 15) is 43.2 Å². The number of alkyl halides is 6. The molecule has 0 amide bonds. The molecule has 0 fully saturated rings. The number of hydrogen-bond donors (Lipinski definition) is 0. The summed E-state index contributed by atoms with van der Waals surface area (Å²) in [5.41, 5.74) is -11.3. The van der Waals surface area contributed by atoms with Crippen molar-refractivity contribution in [2.24, 2.45) is 0 Å². The van der Waals surface area contributed by atoms with E-state index in [1.54, 1.807) is 24.3 Å². The van der Waals surface area contributed by atoms with Gasteiger partial charge in [0, 0.05) is 12.5 Å². The van der Waals surface area contributed by atoms with E-state index in [-0.39, 0.29) is 21.8 Å². The molecule has 0 radical (unpaired) electrons. The maximum Gasteiger partial charge on any atom is 0.485 e. The molecule has 22 heteroatoms. The van der Waals surface area contributed by atoms with E-state index in [2.05, 4.69) is 48.5 Å². The molecule has 0 aliphatic rings. The average Bonchev–Trinajstić information content (AvgIpc) is 3.19. The lowest BCUT2D eigenvalue weighted by atomic mass is 10.4. The molecule has 0 aliphatic heterocycles. The third-order valence-electron chi connectivity index (χ3n) is 7.46. The fourth-order valence-corrected chi connectivity index (χ4v) is 10.1. The van der Waals surface area contributed by atoms with E-state index in [4.69, 9.17) is 25.9 Å². The molecule has 62 heavy (non-hydrogen) atoms. The van der Waals surface area contributed by atoms with E-state index in [1.807, 2.05) is 97.1 Å². The van der Waals surface area contributed by atoms with Crippen LogP contribution in [0.5, 0.6) is 0 Å². The first-order chi connectivity index (χ1) is 28.6. The van der Waals surface area contributed by atoms with Gasteiger partial charge in [-0.3, -0.25) is 0 Å². The molecule has 332 valence electrons.